The zero-order valence-electron chi connectivity index (χ0n) is 11.3. The Morgan fingerprint density at radius 3 is 2.40 bits per heavy atom. The number of aryl methyl sites for hydroxylation is 1. The minimum Gasteiger partial charge on any atom is -0.381 e. The Balaban J connectivity index is 2.87. The van der Waals surface area contributed by atoms with Gasteiger partial charge in [-0.15, -0.1) is 0 Å². The molecule has 0 aliphatic heterocycles. The largest absolute Gasteiger partial charge is 0.381 e. The van der Waals surface area contributed by atoms with E-state index in [9.17, 15) is 16.8 Å². The summed E-state index contributed by atoms with van der Waals surface area (Å²) in [6.07, 6.45) is 0. The number of hydrogen-bond donors (Lipinski definition) is 2. The van der Waals surface area contributed by atoms with Crippen LogP contribution in [0.5, 0.6) is 0 Å². The van der Waals surface area contributed by atoms with Gasteiger partial charge in [0.05, 0.1) is 17.3 Å². The summed E-state index contributed by atoms with van der Waals surface area (Å²) in [5.41, 5.74) is 0.656. The van der Waals surface area contributed by atoms with Crippen LogP contribution in [0.2, 0.25) is 0 Å². The molecule has 0 atom stereocenters. The van der Waals surface area contributed by atoms with Gasteiger partial charge in [-0.05, 0) is 37.6 Å². The molecule has 0 fully saturated rings. The van der Waals surface area contributed by atoms with Gasteiger partial charge in [0.25, 0.3) is 0 Å². The Morgan fingerprint density at radius 1 is 1.25 bits per heavy atom. The minimum absolute atomic E-state index is 0.0326. The first-order valence-electron chi connectivity index (χ1n) is 5.87. The van der Waals surface area contributed by atoms with Crippen molar-refractivity contribution in [2.45, 2.75) is 18.7 Å². The van der Waals surface area contributed by atoms with Gasteiger partial charge < -0.3 is 4.74 Å². The fraction of sp³-hybridized carbons (Fsp3) is 0.455. The Labute approximate surface area is 119 Å². The standard InChI is InChI=1S/C11H18N2O5S2/c1-3-18-6-7-19(14,15)13-10-4-5-11(9(2)8-10)20(12,16)17/h4-5,8,13H,3,6-7H2,1-2H3,(H2,12,16,17). The van der Waals surface area contributed by atoms with Gasteiger partial charge in [-0.3, -0.25) is 4.72 Å². The molecule has 7 nitrogen and oxygen atoms in total. The van der Waals surface area contributed by atoms with Crippen LogP contribution in [-0.2, 0) is 24.8 Å². The number of hydrogen-bond acceptors (Lipinski definition) is 5. The summed E-state index contributed by atoms with van der Waals surface area (Å²) < 4.78 is 53.3. The third-order valence-electron chi connectivity index (χ3n) is 2.46. The number of benzene rings is 1. The maximum Gasteiger partial charge on any atom is 0.238 e. The summed E-state index contributed by atoms with van der Waals surface area (Å²) >= 11 is 0. The van der Waals surface area contributed by atoms with Crippen LogP contribution < -0.4 is 9.86 Å². The molecule has 1 rings (SSSR count). The van der Waals surface area contributed by atoms with E-state index in [1.165, 1.54) is 25.1 Å². The van der Waals surface area contributed by atoms with Crippen LogP contribution in [0.3, 0.4) is 0 Å². The molecule has 9 heteroatoms. The summed E-state index contributed by atoms with van der Waals surface area (Å²) in [6, 6.07) is 4.04. The summed E-state index contributed by atoms with van der Waals surface area (Å²) in [5.74, 6) is -0.170. The third kappa shape index (κ3) is 5.08. The van der Waals surface area contributed by atoms with Crippen molar-refractivity contribution in [1.29, 1.82) is 0 Å². The third-order valence-corrected chi connectivity index (χ3v) is 4.78. The fourth-order valence-electron chi connectivity index (χ4n) is 1.58. The van der Waals surface area contributed by atoms with Crippen molar-refractivity contribution in [3.8, 4) is 0 Å². The summed E-state index contributed by atoms with van der Waals surface area (Å²) in [5, 5.41) is 5.03. The number of nitrogens with one attached hydrogen (secondary N) is 1. The molecule has 0 aliphatic carbocycles. The normalized spacial score (nSPS) is 12.3. The van der Waals surface area contributed by atoms with Crippen molar-refractivity contribution >= 4 is 25.7 Å². The Hall–Kier alpha value is -1.16. The topological polar surface area (TPSA) is 116 Å². The van der Waals surface area contributed by atoms with Crippen molar-refractivity contribution < 1.29 is 21.6 Å². The Bertz CT molecular complexity index is 668. The zero-order chi connectivity index (χ0) is 15.4. The lowest BCUT2D eigenvalue weighted by Crippen LogP contribution is -2.20. The summed E-state index contributed by atoms with van der Waals surface area (Å²) in [6.45, 7) is 3.85. The molecule has 0 amide bonds. The van der Waals surface area contributed by atoms with E-state index in [0.717, 1.165) is 0 Å². The molecule has 0 radical (unpaired) electrons. The quantitative estimate of drug-likeness (QED) is 0.706. The van der Waals surface area contributed by atoms with Gasteiger partial charge in [0.1, 0.15) is 0 Å². The van der Waals surface area contributed by atoms with E-state index in [2.05, 4.69) is 4.72 Å². The van der Waals surface area contributed by atoms with Gasteiger partial charge >= 0.3 is 0 Å². The zero-order valence-corrected chi connectivity index (χ0v) is 12.9. The number of sulfonamides is 2. The van der Waals surface area contributed by atoms with Crippen molar-refractivity contribution in [3.05, 3.63) is 23.8 Å². The van der Waals surface area contributed by atoms with Crippen LogP contribution >= 0.6 is 0 Å². The molecule has 0 aliphatic rings. The maximum absolute atomic E-state index is 11.7. The molecular weight excluding hydrogens is 304 g/mol. The molecule has 0 bridgehead atoms. The van der Waals surface area contributed by atoms with Crippen LogP contribution in [0, 0.1) is 6.92 Å². The Kier molecular flexibility index (Phi) is 5.51. The fourth-order valence-corrected chi connectivity index (χ4v) is 3.27. The van der Waals surface area contributed by atoms with Crippen LogP contribution in [0.4, 0.5) is 5.69 Å². The summed E-state index contributed by atoms with van der Waals surface area (Å²) in [7, 11) is -7.34. The first-order valence-corrected chi connectivity index (χ1v) is 9.07. The second-order valence-electron chi connectivity index (χ2n) is 4.14. The van der Waals surface area contributed by atoms with Gasteiger partial charge in [-0.25, -0.2) is 22.0 Å². The first-order chi connectivity index (χ1) is 9.15. The molecule has 0 spiro atoms. The van der Waals surface area contributed by atoms with E-state index in [1.54, 1.807) is 6.92 Å². The van der Waals surface area contributed by atoms with E-state index >= 15 is 0 Å². The maximum atomic E-state index is 11.7. The molecule has 3 N–H and O–H groups in total. The van der Waals surface area contributed by atoms with E-state index in [-0.39, 0.29) is 22.9 Å². The predicted molar refractivity (Wildman–Crippen MR) is 76.5 cm³/mol. The monoisotopic (exact) mass is 322 g/mol. The van der Waals surface area contributed by atoms with Crippen LogP contribution in [0.25, 0.3) is 0 Å². The van der Waals surface area contributed by atoms with Crippen LogP contribution in [-0.4, -0.2) is 35.8 Å². The van der Waals surface area contributed by atoms with Gasteiger partial charge in [0.2, 0.25) is 20.0 Å². The highest BCUT2D eigenvalue weighted by Gasteiger charge is 2.14. The molecule has 0 saturated heterocycles. The molecule has 0 heterocycles. The van der Waals surface area contributed by atoms with Crippen molar-refractivity contribution in [2.75, 3.05) is 23.7 Å². The number of ether oxygens (including phenoxy) is 1. The molecule has 0 saturated carbocycles. The highest BCUT2D eigenvalue weighted by molar-refractivity contribution is 7.92. The second kappa shape index (κ2) is 6.53. The minimum atomic E-state index is -3.81. The molecular formula is C11H18N2O5S2. The lowest BCUT2D eigenvalue weighted by atomic mass is 10.2. The number of rotatable bonds is 7. The van der Waals surface area contributed by atoms with Crippen molar-refractivity contribution in [2.24, 2.45) is 5.14 Å². The van der Waals surface area contributed by atoms with Crippen LogP contribution in [0.1, 0.15) is 12.5 Å². The average Bonchev–Trinajstić information content (AvgIpc) is 2.26. The lowest BCUT2D eigenvalue weighted by molar-refractivity contribution is 0.163. The second-order valence-corrected chi connectivity index (χ2v) is 7.51. The average molecular weight is 322 g/mol. The van der Waals surface area contributed by atoms with Gasteiger partial charge in [0.15, 0.2) is 0 Å². The smallest absolute Gasteiger partial charge is 0.238 e. The molecule has 0 unspecified atom stereocenters. The highest BCUT2D eigenvalue weighted by Crippen LogP contribution is 2.19. The molecule has 1 aromatic rings. The Morgan fingerprint density at radius 2 is 1.90 bits per heavy atom. The van der Waals surface area contributed by atoms with Gasteiger partial charge in [-0.2, -0.15) is 0 Å². The van der Waals surface area contributed by atoms with E-state index < -0.39 is 20.0 Å². The van der Waals surface area contributed by atoms with Gasteiger partial charge in [0, 0.05) is 12.3 Å². The first kappa shape index (κ1) is 16.9. The van der Waals surface area contributed by atoms with Crippen molar-refractivity contribution in [1.82, 2.24) is 0 Å². The highest BCUT2D eigenvalue weighted by atomic mass is 32.2. The molecule has 20 heavy (non-hydrogen) atoms. The summed E-state index contributed by atoms with van der Waals surface area (Å²) in [4.78, 5) is -0.0326. The molecule has 114 valence electrons. The van der Waals surface area contributed by atoms with Crippen molar-refractivity contribution in [3.63, 3.8) is 0 Å². The predicted octanol–water partition coefficient (Wildman–Crippen LogP) is 0.421. The lowest BCUT2D eigenvalue weighted by Gasteiger charge is -2.10. The van der Waals surface area contributed by atoms with Gasteiger partial charge in [-0.1, -0.05) is 0 Å². The number of nitrogens with two attached hydrogens (primary N) is 1. The number of anilines is 1. The van der Waals surface area contributed by atoms with E-state index in [1.807, 2.05) is 0 Å². The number of primary sulfonamides is 1. The van der Waals surface area contributed by atoms with E-state index in [0.29, 0.717) is 12.2 Å². The van der Waals surface area contributed by atoms with E-state index in [4.69, 9.17) is 9.88 Å². The molecule has 1 aromatic carbocycles. The molecule has 0 aromatic heterocycles. The SMILES string of the molecule is CCOCCS(=O)(=O)Nc1ccc(S(N)(=O)=O)c(C)c1. The van der Waals surface area contributed by atoms with Crippen LogP contribution in [0.15, 0.2) is 23.1 Å².